The van der Waals surface area contributed by atoms with Gasteiger partial charge in [0.1, 0.15) is 6.04 Å². The summed E-state index contributed by atoms with van der Waals surface area (Å²) in [7, 11) is -2.43. The number of carbonyl (C=O) groups is 1. The van der Waals surface area contributed by atoms with Crippen molar-refractivity contribution in [3.63, 3.8) is 0 Å². The first-order valence-electron chi connectivity index (χ1n) is 6.41. The molecule has 0 saturated carbocycles. The summed E-state index contributed by atoms with van der Waals surface area (Å²) in [5.41, 5.74) is 0. The van der Waals surface area contributed by atoms with E-state index in [0.29, 0.717) is 0 Å². The molecule has 3 unspecified atom stereocenters. The van der Waals surface area contributed by atoms with Gasteiger partial charge in [-0.1, -0.05) is 0 Å². The molecule has 1 aliphatic rings. The number of nitrogens with one attached hydrogen (secondary N) is 1. The van der Waals surface area contributed by atoms with E-state index in [1.807, 2.05) is 0 Å². The van der Waals surface area contributed by atoms with Crippen LogP contribution in [-0.2, 0) is 24.5 Å². The minimum Gasteiger partial charge on any atom is -0.480 e. The third kappa shape index (κ3) is 4.98. The molecule has 2 N–H and O–H groups in total. The molecule has 1 rings (SSSR count). The van der Waals surface area contributed by atoms with Gasteiger partial charge in [0.15, 0.2) is 0 Å². The number of carboxylic acids is 1. The number of hydrogen-bond acceptors (Lipinski definition) is 5. The normalized spacial score (nSPS) is 26.4. The summed E-state index contributed by atoms with van der Waals surface area (Å²) < 4.78 is 38.1. The van der Waals surface area contributed by atoms with Gasteiger partial charge in [0, 0.05) is 26.8 Å². The number of hydrogen-bond donors (Lipinski definition) is 2. The molecule has 118 valence electrons. The Balaban J connectivity index is 2.73. The zero-order valence-electron chi connectivity index (χ0n) is 11.9. The lowest BCUT2D eigenvalue weighted by Crippen LogP contribution is -2.55. The number of aliphatic carboxylic acids is 1. The second-order valence-electron chi connectivity index (χ2n) is 4.87. The molecule has 1 aliphatic heterocycles. The van der Waals surface area contributed by atoms with Crippen LogP contribution in [0.5, 0.6) is 0 Å². The fourth-order valence-corrected chi connectivity index (χ4v) is 3.59. The van der Waals surface area contributed by atoms with Crippen LogP contribution < -0.4 is 4.72 Å². The number of morpholine rings is 1. The molecule has 3 atom stereocenters. The van der Waals surface area contributed by atoms with E-state index in [1.54, 1.807) is 13.8 Å². The zero-order chi connectivity index (χ0) is 15.3. The van der Waals surface area contributed by atoms with Crippen LogP contribution in [0.4, 0.5) is 0 Å². The monoisotopic (exact) mass is 310 g/mol. The molecule has 1 heterocycles. The van der Waals surface area contributed by atoms with Crippen LogP contribution in [0.2, 0.25) is 0 Å². The average Bonchev–Trinajstić information content (AvgIpc) is 2.32. The fourth-order valence-electron chi connectivity index (χ4n) is 2.05. The molecule has 8 nitrogen and oxygen atoms in total. The summed E-state index contributed by atoms with van der Waals surface area (Å²) in [6.45, 7) is 4.12. The second kappa shape index (κ2) is 7.32. The Kier molecular flexibility index (Phi) is 6.34. The van der Waals surface area contributed by atoms with E-state index in [1.165, 1.54) is 11.4 Å². The highest BCUT2D eigenvalue weighted by molar-refractivity contribution is 7.87. The van der Waals surface area contributed by atoms with Crippen LogP contribution in [0.15, 0.2) is 0 Å². The quantitative estimate of drug-likeness (QED) is 0.652. The fraction of sp³-hybridized carbons (Fsp3) is 0.909. The topological polar surface area (TPSA) is 105 Å². The molecule has 0 bridgehead atoms. The molecule has 1 saturated heterocycles. The lowest BCUT2D eigenvalue weighted by atomic mass is 10.2. The minimum atomic E-state index is -3.86. The Morgan fingerprint density at radius 1 is 1.45 bits per heavy atom. The van der Waals surface area contributed by atoms with Gasteiger partial charge in [0.05, 0.1) is 12.2 Å². The summed E-state index contributed by atoms with van der Waals surface area (Å²) >= 11 is 0. The molecule has 0 aromatic carbocycles. The van der Waals surface area contributed by atoms with Crippen LogP contribution in [-0.4, -0.2) is 68.9 Å². The van der Waals surface area contributed by atoms with Gasteiger partial charge in [-0.2, -0.15) is 17.4 Å². The van der Waals surface area contributed by atoms with E-state index in [2.05, 4.69) is 4.72 Å². The number of methoxy groups -OCH3 is 1. The van der Waals surface area contributed by atoms with Crippen molar-refractivity contribution >= 4 is 16.2 Å². The van der Waals surface area contributed by atoms with Crippen LogP contribution >= 0.6 is 0 Å². The summed E-state index contributed by atoms with van der Waals surface area (Å²) in [5.74, 6) is -1.22. The predicted octanol–water partition coefficient (Wildman–Crippen LogP) is -0.580. The van der Waals surface area contributed by atoms with Crippen molar-refractivity contribution in [1.29, 1.82) is 0 Å². The first-order valence-corrected chi connectivity index (χ1v) is 7.85. The predicted molar refractivity (Wildman–Crippen MR) is 71.6 cm³/mol. The van der Waals surface area contributed by atoms with Crippen molar-refractivity contribution < 1.29 is 27.8 Å². The standard InChI is InChI=1S/C11H22N2O6S/c1-8-6-13(7-9(2)19-8)20(16,17)12-10(11(14)15)4-5-18-3/h8-10,12H,4-7H2,1-3H3,(H,14,15). The van der Waals surface area contributed by atoms with E-state index >= 15 is 0 Å². The third-order valence-electron chi connectivity index (χ3n) is 2.93. The van der Waals surface area contributed by atoms with Crippen LogP contribution in [0, 0.1) is 0 Å². The first kappa shape index (κ1) is 17.3. The Morgan fingerprint density at radius 2 is 2.00 bits per heavy atom. The Hall–Kier alpha value is -0.740. The lowest BCUT2D eigenvalue weighted by Gasteiger charge is -2.34. The van der Waals surface area contributed by atoms with Gasteiger partial charge in [-0.05, 0) is 20.3 Å². The van der Waals surface area contributed by atoms with Crippen LogP contribution in [0.1, 0.15) is 20.3 Å². The van der Waals surface area contributed by atoms with Gasteiger partial charge in [0.2, 0.25) is 0 Å². The highest BCUT2D eigenvalue weighted by Gasteiger charge is 2.33. The zero-order valence-corrected chi connectivity index (χ0v) is 12.7. The van der Waals surface area contributed by atoms with Crippen molar-refractivity contribution in [2.24, 2.45) is 0 Å². The summed E-state index contributed by atoms with van der Waals surface area (Å²) in [6.07, 6.45) is -0.379. The molecule has 1 fully saturated rings. The van der Waals surface area contributed by atoms with E-state index in [0.717, 1.165) is 0 Å². The molecular weight excluding hydrogens is 288 g/mol. The van der Waals surface area contributed by atoms with Gasteiger partial charge >= 0.3 is 5.97 Å². The molecule has 0 aromatic rings. The van der Waals surface area contributed by atoms with Crippen molar-refractivity contribution in [2.75, 3.05) is 26.8 Å². The maximum absolute atomic E-state index is 12.2. The second-order valence-corrected chi connectivity index (χ2v) is 6.57. The van der Waals surface area contributed by atoms with Gasteiger partial charge in [0.25, 0.3) is 10.2 Å². The number of nitrogens with zero attached hydrogens (tertiary/aromatic N) is 1. The Bertz CT molecular complexity index is 417. The van der Waals surface area contributed by atoms with E-state index < -0.39 is 22.2 Å². The van der Waals surface area contributed by atoms with Crippen molar-refractivity contribution in [3.8, 4) is 0 Å². The van der Waals surface area contributed by atoms with Gasteiger partial charge in [-0.3, -0.25) is 4.79 Å². The number of ether oxygens (including phenoxy) is 2. The van der Waals surface area contributed by atoms with Gasteiger partial charge < -0.3 is 14.6 Å². The van der Waals surface area contributed by atoms with Crippen LogP contribution in [0.25, 0.3) is 0 Å². The minimum absolute atomic E-state index is 0.0700. The van der Waals surface area contributed by atoms with Gasteiger partial charge in [-0.25, -0.2) is 0 Å². The SMILES string of the molecule is COCCC(NS(=O)(=O)N1CC(C)OC(C)C1)C(=O)O. The van der Waals surface area contributed by atoms with Crippen molar-refractivity contribution in [2.45, 2.75) is 38.5 Å². The number of rotatable bonds is 7. The smallest absolute Gasteiger partial charge is 0.321 e. The van der Waals surface area contributed by atoms with E-state index in [-0.39, 0.29) is 38.3 Å². The molecule has 20 heavy (non-hydrogen) atoms. The average molecular weight is 310 g/mol. The van der Waals surface area contributed by atoms with E-state index in [9.17, 15) is 13.2 Å². The van der Waals surface area contributed by atoms with Crippen molar-refractivity contribution in [3.05, 3.63) is 0 Å². The molecule has 0 amide bonds. The molecule has 9 heteroatoms. The molecule has 0 spiro atoms. The molecule has 0 aromatic heterocycles. The highest BCUT2D eigenvalue weighted by Crippen LogP contribution is 2.14. The lowest BCUT2D eigenvalue weighted by molar-refractivity contribution is -0.139. The maximum Gasteiger partial charge on any atom is 0.321 e. The Labute approximate surface area is 119 Å². The van der Waals surface area contributed by atoms with Crippen molar-refractivity contribution in [1.82, 2.24) is 9.03 Å². The van der Waals surface area contributed by atoms with Crippen LogP contribution in [0.3, 0.4) is 0 Å². The molecule has 0 aliphatic carbocycles. The summed E-state index contributed by atoms with van der Waals surface area (Å²) in [6, 6.07) is -1.20. The molecule has 0 radical (unpaired) electrons. The Morgan fingerprint density at radius 3 is 2.45 bits per heavy atom. The first-order chi connectivity index (χ1) is 9.26. The molecular formula is C11H22N2O6S. The largest absolute Gasteiger partial charge is 0.480 e. The maximum atomic E-state index is 12.2. The van der Waals surface area contributed by atoms with E-state index in [4.69, 9.17) is 14.6 Å². The summed E-state index contributed by atoms with van der Waals surface area (Å²) in [5, 5.41) is 9.04. The van der Waals surface area contributed by atoms with Gasteiger partial charge in [-0.15, -0.1) is 0 Å². The summed E-state index contributed by atoms with van der Waals surface area (Å²) in [4.78, 5) is 11.1. The number of carboxylic acid groups (broad SMARTS) is 1. The highest BCUT2D eigenvalue weighted by atomic mass is 32.2. The third-order valence-corrected chi connectivity index (χ3v) is 4.49.